The molecular weight excluding hydrogens is 140 g/mol. The average Bonchev–Trinajstić information content (AvgIpc) is 2.07. The van der Waals surface area contributed by atoms with Crippen LogP contribution in [-0.2, 0) is 17.9 Å². The van der Waals surface area contributed by atoms with E-state index >= 15 is 0 Å². The van der Waals surface area contributed by atoms with Gasteiger partial charge in [-0.2, -0.15) is 0 Å². The van der Waals surface area contributed by atoms with Crippen LogP contribution >= 0.6 is 0 Å². The molecule has 0 aromatic heterocycles. The highest BCUT2D eigenvalue weighted by molar-refractivity contribution is 5.21. The standard InChI is InChI=1S/C9H12O2/c1-2-8-3-5-9(6-4-8)7-11-10/h3-6,10H,2,7H2,1H3. The molecule has 0 unspecified atom stereocenters. The highest BCUT2D eigenvalue weighted by Gasteiger charge is 1.91. The molecule has 0 amide bonds. The minimum atomic E-state index is 0.268. The van der Waals surface area contributed by atoms with Crippen LogP contribution in [0.4, 0.5) is 0 Å². The molecule has 0 saturated heterocycles. The van der Waals surface area contributed by atoms with Crippen molar-refractivity contribution in [1.82, 2.24) is 0 Å². The molecule has 11 heavy (non-hydrogen) atoms. The normalized spacial score (nSPS) is 10.0. The van der Waals surface area contributed by atoms with Gasteiger partial charge in [0.15, 0.2) is 0 Å². The third-order valence-corrected chi connectivity index (χ3v) is 1.66. The zero-order valence-corrected chi connectivity index (χ0v) is 6.58. The molecule has 2 heteroatoms. The van der Waals surface area contributed by atoms with Crippen molar-refractivity contribution in [2.45, 2.75) is 20.0 Å². The van der Waals surface area contributed by atoms with Crippen LogP contribution in [-0.4, -0.2) is 5.26 Å². The van der Waals surface area contributed by atoms with E-state index in [9.17, 15) is 0 Å². The second kappa shape index (κ2) is 4.11. The summed E-state index contributed by atoms with van der Waals surface area (Å²) in [5.41, 5.74) is 2.29. The predicted molar refractivity (Wildman–Crippen MR) is 43.2 cm³/mol. The maximum Gasteiger partial charge on any atom is 0.107 e. The average molecular weight is 152 g/mol. The Morgan fingerprint density at radius 3 is 2.18 bits per heavy atom. The lowest BCUT2D eigenvalue weighted by molar-refractivity contribution is -0.253. The first-order chi connectivity index (χ1) is 5.36. The van der Waals surface area contributed by atoms with Gasteiger partial charge in [0.05, 0.1) is 0 Å². The molecule has 60 valence electrons. The third-order valence-electron chi connectivity index (χ3n) is 1.66. The number of aryl methyl sites for hydroxylation is 1. The lowest BCUT2D eigenvalue weighted by Crippen LogP contribution is -1.88. The number of rotatable bonds is 3. The maximum absolute atomic E-state index is 8.15. The second-order valence-corrected chi connectivity index (χ2v) is 2.44. The van der Waals surface area contributed by atoms with Crippen LogP contribution in [0.5, 0.6) is 0 Å². The van der Waals surface area contributed by atoms with E-state index in [0.29, 0.717) is 0 Å². The summed E-state index contributed by atoms with van der Waals surface area (Å²) >= 11 is 0. The van der Waals surface area contributed by atoms with Gasteiger partial charge in [0, 0.05) is 0 Å². The Labute approximate surface area is 66.4 Å². The van der Waals surface area contributed by atoms with E-state index in [1.807, 2.05) is 24.3 Å². The molecule has 0 spiro atoms. The smallest absolute Gasteiger partial charge is 0.107 e. The number of benzene rings is 1. The van der Waals surface area contributed by atoms with E-state index in [2.05, 4.69) is 11.8 Å². The number of hydrogen-bond acceptors (Lipinski definition) is 2. The summed E-state index contributed by atoms with van der Waals surface area (Å²) in [4.78, 5) is 4.00. The van der Waals surface area contributed by atoms with Crippen molar-refractivity contribution in [3.8, 4) is 0 Å². The summed E-state index contributed by atoms with van der Waals surface area (Å²) < 4.78 is 0. The van der Waals surface area contributed by atoms with Gasteiger partial charge in [-0.15, -0.1) is 0 Å². The Kier molecular flexibility index (Phi) is 3.08. The fraction of sp³-hybridized carbons (Fsp3) is 0.333. The van der Waals surface area contributed by atoms with Gasteiger partial charge in [0.1, 0.15) is 6.61 Å². The largest absolute Gasteiger partial charge is 0.251 e. The molecule has 0 aliphatic carbocycles. The zero-order valence-electron chi connectivity index (χ0n) is 6.58. The second-order valence-electron chi connectivity index (χ2n) is 2.44. The Morgan fingerprint density at radius 2 is 1.73 bits per heavy atom. The summed E-state index contributed by atoms with van der Waals surface area (Å²) in [6.07, 6.45) is 1.04. The van der Waals surface area contributed by atoms with Crippen molar-refractivity contribution in [3.05, 3.63) is 35.4 Å². The van der Waals surface area contributed by atoms with Crippen LogP contribution in [0.1, 0.15) is 18.1 Å². The molecule has 0 aliphatic heterocycles. The van der Waals surface area contributed by atoms with E-state index in [1.54, 1.807) is 0 Å². The van der Waals surface area contributed by atoms with Crippen molar-refractivity contribution in [1.29, 1.82) is 0 Å². The van der Waals surface area contributed by atoms with Crippen LogP contribution in [0, 0.1) is 0 Å². The molecule has 0 fully saturated rings. The SMILES string of the molecule is CCc1ccc(COO)cc1. The Balaban J connectivity index is 2.66. The molecule has 2 nitrogen and oxygen atoms in total. The first kappa shape index (κ1) is 8.24. The highest BCUT2D eigenvalue weighted by Crippen LogP contribution is 2.05. The van der Waals surface area contributed by atoms with Crippen molar-refractivity contribution in [2.75, 3.05) is 0 Å². The zero-order chi connectivity index (χ0) is 8.10. The Morgan fingerprint density at radius 1 is 1.18 bits per heavy atom. The quantitative estimate of drug-likeness (QED) is 0.531. The third kappa shape index (κ3) is 2.33. The Hall–Kier alpha value is -0.860. The monoisotopic (exact) mass is 152 g/mol. The minimum Gasteiger partial charge on any atom is -0.251 e. The lowest BCUT2D eigenvalue weighted by atomic mass is 10.1. The van der Waals surface area contributed by atoms with Gasteiger partial charge >= 0.3 is 0 Å². The topological polar surface area (TPSA) is 29.5 Å². The fourth-order valence-corrected chi connectivity index (χ4v) is 0.946. The molecule has 1 N–H and O–H groups in total. The molecule has 0 heterocycles. The fourth-order valence-electron chi connectivity index (χ4n) is 0.946. The van der Waals surface area contributed by atoms with Crippen molar-refractivity contribution >= 4 is 0 Å². The van der Waals surface area contributed by atoms with E-state index in [-0.39, 0.29) is 6.61 Å². The van der Waals surface area contributed by atoms with E-state index < -0.39 is 0 Å². The van der Waals surface area contributed by atoms with Crippen molar-refractivity contribution in [3.63, 3.8) is 0 Å². The maximum atomic E-state index is 8.15. The summed E-state index contributed by atoms with van der Waals surface area (Å²) in [6, 6.07) is 7.98. The summed E-state index contributed by atoms with van der Waals surface area (Å²) in [6.45, 7) is 2.38. The molecule has 1 aromatic rings. The summed E-state index contributed by atoms with van der Waals surface area (Å²) in [5.74, 6) is 0. The van der Waals surface area contributed by atoms with E-state index in [4.69, 9.17) is 5.26 Å². The number of hydrogen-bond donors (Lipinski definition) is 1. The summed E-state index contributed by atoms with van der Waals surface area (Å²) in [7, 11) is 0. The molecule has 0 saturated carbocycles. The van der Waals surface area contributed by atoms with Gasteiger partial charge in [-0.1, -0.05) is 31.2 Å². The van der Waals surface area contributed by atoms with Gasteiger partial charge < -0.3 is 0 Å². The lowest BCUT2D eigenvalue weighted by Gasteiger charge is -1.98. The molecule has 0 atom stereocenters. The van der Waals surface area contributed by atoms with Crippen LogP contribution in [0.15, 0.2) is 24.3 Å². The van der Waals surface area contributed by atoms with Crippen molar-refractivity contribution in [2.24, 2.45) is 0 Å². The first-order valence-corrected chi connectivity index (χ1v) is 3.71. The predicted octanol–water partition coefficient (Wildman–Crippen LogP) is 2.24. The Bertz CT molecular complexity index is 203. The molecular formula is C9H12O2. The molecule has 0 aliphatic rings. The van der Waals surface area contributed by atoms with Crippen molar-refractivity contribution < 1.29 is 10.1 Å². The van der Waals surface area contributed by atoms with Crippen LogP contribution in [0.25, 0.3) is 0 Å². The minimum absolute atomic E-state index is 0.268. The van der Waals surface area contributed by atoms with Crippen LogP contribution in [0.3, 0.4) is 0 Å². The van der Waals surface area contributed by atoms with Gasteiger partial charge in [-0.3, -0.25) is 5.26 Å². The molecule has 1 aromatic carbocycles. The van der Waals surface area contributed by atoms with E-state index in [0.717, 1.165) is 12.0 Å². The first-order valence-electron chi connectivity index (χ1n) is 3.71. The van der Waals surface area contributed by atoms with Crippen LogP contribution < -0.4 is 0 Å². The van der Waals surface area contributed by atoms with Gasteiger partial charge in [0.2, 0.25) is 0 Å². The molecule has 1 rings (SSSR count). The molecule has 0 radical (unpaired) electrons. The van der Waals surface area contributed by atoms with Gasteiger partial charge in [0.25, 0.3) is 0 Å². The van der Waals surface area contributed by atoms with Gasteiger partial charge in [-0.05, 0) is 17.5 Å². The van der Waals surface area contributed by atoms with E-state index in [1.165, 1.54) is 5.56 Å². The molecule has 0 bridgehead atoms. The van der Waals surface area contributed by atoms with Crippen LogP contribution in [0.2, 0.25) is 0 Å². The van der Waals surface area contributed by atoms with Gasteiger partial charge in [-0.25, -0.2) is 4.89 Å². The highest BCUT2D eigenvalue weighted by atomic mass is 17.1. The summed E-state index contributed by atoms with van der Waals surface area (Å²) in [5, 5.41) is 8.15.